The largest absolute Gasteiger partial charge is 0.309 e. The summed E-state index contributed by atoms with van der Waals surface area (Å²) >= 11 is 0. The Morgan fingerprint density at radius 2 is 1.50 bits per heavy atom. The van der Waals surface area contributed by atoms with E-state index < -0.39 is 0 Å². The summed E-state index contributed by atoms with van der Waals surface area (Å²) in [6, 6.07) is 0.715. The van der Waals surface area contributed by atoms with Gasteiger partial charge in [-0.15, -0.1) is 0 Å². The Kier molecular flexibility index (Phi) is 5.51. The third-order valence-electron chi connectivity index (χ3n) is 2.30. The zero-order valence-electron chi connectivity index (χ0n) is 9.46. The summed E-state index contributed by atoms with van der Waals surface area (Å²) in [6.07, 6.45) is 1.26. The fourth-order valence-electron chi connectivity index (χ4n) is 1.58. The highest BCUT2D eigenvalue weighted by Gasteiger charge is 2.14. The van der Waals surface area contributed by atoms with Gasteiger partial charge >= 0.3 is 0 Å². The molecule has 2 heteroatoms. The average molecular weight is 172 g/mol. The summed E-state index contributed by atoms with van der Waals surface area (Å²) in [4.78, 5) is 4.58. The molecule has 0 spiro atoms. The zero-order chi connectivity index (χ0) is 9.72. The first-order valence-electron chi connectivity index (χ1n) is 4.76. The van der Waals surface area contributed by atoms with Gasteiger partial charge < -0.3 is 9.80 Å². The van der Waals surface area contributed by atoms with Crippen molar-refractivity contribution in [3.8, 4) is 0 Å². The minimum absolute atomic E-state index is 0.715. The second kappa shape index (κ2) is 5.55. The molecule has 2 nitrogen and oxygen atoms in total. The highest BCUT2D eigenvalue weighted by atomic mass is 15.1. The van der Waals surface area contributed by atoms with Crippen LogP contribution in [0.1, 0.15) is 20.3 Å². The van der Waals surface area contributed by atoms with Crippen LogP contribution in [0.4, 0.5) is 0 Å². The average Bonchev–Trinajstić information content (AvgIpc) is 1.84. The van der Waals surface area contributed by atoms with Crippen molar-refractivity contribution in [2.75, 3.05) is 34.7 Å². The van der Waals surface area contributed by atoms with E-state index in [9.17, 15) is 0 Å². The van der Waals surface area contributed by atoms with Crippen molar-refractivity contribution in [3.63, 3.8) is 0 Å². The molecule has 0 N–H and O–H groups in total. The van der Waals surface area contributed by atoms with Crippen molar-refractivity contribution in [3.05, 3.63) is 0 Å². The van der Waals surface area contributed by atoms with Gasteiger partial charge in [0.2, 0.25) is 0 Å². The Morgan fingerprint density at radius 3 is 1.75 bits per heavy atom. The van der Waals surface area contributed by atoms with Crippen LogP contribution in [0, 0.1) is 5.92 Å². The summed E-state index contributed by atoms with van der Waals surface area (Å²) in [5, 5.41) is 0. The van der Waals surface area contributed by atoms with Gasteiger partial charge in [-0.1, -0.05) is 13.8 Å². The second-order valence-corrected chi connectivity index (χ2v) is 4.37. The minimum atomic E-state index is 0.715. The SMILES string of the molecule is CC(C)C(CCN(C)C)N(C)C. The summed E-state index contributed by atoms with van der Waals surface area (Å²) in [7, 11) is 8.60. The third-order valence-corrected chi connectivity index (χ3v) is 2.30. The first-order valence-corrected chi connectivity index (χ1v) is 4.76. The standard InChI is InChI=1S/C10H24N2/c1-9(2)10(12(5)6)7-8-11(3)4/h9-10H,7-8H2,1-6H3. The van der Waals surface area contributed by atoms with E-state index in [0.29, 0.717) is 6.04 Å². The van der Waals surface area contributed by atoms with Crippen molar-refractivity contribution >= 4 is 0 Å². The predicted molar refractivity (Wildman–Crippen MR) is 55.5 cm³/mol. The molecule has 0 saturated carbocycles. The van der Waals surface area contributed by atoms with Gasteiger partial charge in [-0.25, -0.2) is 0 Å². The fraction of sp³-hybridized carbons (Fsp3) is 1.00. The molecule has 0 aromatic carbocycles. The maximum Gasteiger partial charge on any atom is 0.0124 e. The van der Waals surface area contributed by atoms with Crippen LogP contribution in [0.3, 0.4) is 0 Å². The Bertz CT molecular complexity index is 100. The smallest absolute Gasteiger partial charge is 0.0124 e. The molecule has 0 aliphatic carbocycles. The van der Waals surface area contributed by atoms with Gasteiger partial charge in [0.1, 0.15) is 0 Å². The van der Waals surface area contributed by atoms with Crippen LogP contribution >= 0.6 is 0 Å². The number of hydrogen-bond donors (Lipinski definition) is 0. The molecule has 0 heterocycles. The van der Waals surface area contributed by atoms with Crippen LogP contribution < -0.4 is 0 Å². The van der Waals surface area contributed by atoms with Gasteiger partial charge in [-0.2, -0.15) is 0 Å². The second-order valence-electron chi connectivity index (χ2n) is 4.37. The molecular formula is C10H24N2. The van der Waals surface area contributed by atoms with Crippen LogP contribution in [0.25, 0.3) is 0 Å². The Balaban J connectivity index is 3.80. The first-order chi connectivity index (χ1) is 5.45. The predicted octanol–water partition coefficient (Wildman–Crippen LogP) is 1.52. The van der Waals surface area contributed by atoms with Crippen molar-refractivity contribution in [2.24, 2.45) is 5.92 Å². The van der Waals surface area contributed by atoms with Crippen LogP contribution in [0.2, 0.25) is 0 Å². The van der Waals surface area contributed by atoms with E-state index in [2.05, 4.69) is 51.8 Å². The Hall–Kier alpha value is -0.0800. The lowest BCUT2D eigenvalue weighted by molar-refractivity contribution is 0.200. The quantitative estimate of drug-likeness (QED) is 0.620. The Labute approximate surface area is 77.5 Å². The fourth-order valence-corrected chi connectivity index (χ4v) is 1.58. The van der Waals surface area contributed by atoms with Crippen LogP contribution in [-0.2, 0) is 0 Å². The summed E-state index contributed by atoms with van der Waals surface area (Å²) in [5.41, 5.74) is 0. The van der Waals surface area contributed by atoms with E-state index in [1.165, 1.54) is 13.0 Å². The van der Waals surface area contributed by atoms with Crippen molar-refractivity contribution < 1.29 is 0 Å². The normalized spacial score (nSPS) is 14.8. The van der Waals surface area contributed by atoms with Gasteiger partial charge in [0.05, 0.1) is 0 Å². The van der Waals surface area contributed by atoms with E-state index >= 15 is 0 Å². The highest BCUT2D eigenvalue weighted by Crippen LogP contribution is 2.11. The first kappa shape index (κ1) is 11.9. The van der Waals surface area contributed by atoms with Crippen molar-refractivity contribution in [1.82, 2.24) is 9.80 Å². The summed E-state index contributed by atoms with van der Waals surface area (Å²) in [5.74, 6) is 0.750. The van der Waals surface area contributed by atoms with E-state index in [1.807, 2.05) is 0 Å². The van der Waals surface area contributed by atoms with Gasteiger partial charge in [0.15, 0.2) is 0 Å². The van der Waals surface area contributed by atoms with Crippen molar-refractivity contribution in [2.45, 2.75) is 26.3 Å². The number of rotatable bonds is 5. The van der Waals surface area contributed by atoms with E-state index in [-0.39, 0.29) is 0 Å². The molecule has 1 atom stereocenters. The van der Waals surface area contributed by atoms with E-state index in [1.54, 1.807) is 0 Å². The lowest BCUT2D eigenvalue weighted by atomic mass is 10.00. The van der Waals surface area contributed by atoms with Crippen LogP contribution in [0.5, 0.6) is 0 Å². The molecule has 0 saturated heterocycles. The molecule has 0 aliphatic heterocycles. The summed E-state index contributed by atoms with van der Waals surface area (Å²) in [6.45, 7) is 5.77. The van der Waals surface area contributed by atoms with Gasteiger partial charge in [0, 0.05) is 6.04 Å². The monoisotopic (exact) mass is 172 g/mol. The Morgan fingerprint density at radius 1 is 1.00 bits per heavy atom. The number of hydrogen-bond acceptors (Lipinski definition) is 2. The maximum absolute atomic E-state index is 2.33. The minimum Gasteiger partial charge on any atom is -0.309 e. The topological polar surface area (TPSA) is 6.48 Å². The van der Waals surface area contributed by atoms with Gasteiger partial charge in [0.25, 0.3) is 0 Å². The van der Waals surface area contributed by atoms with E-state index in [0.717, 1.165) is 5.92 Å². The molecule has 1 unspecified atom stereocenters. The van der Waals surface area contributed by atoms with Crippen LogP contribution in [-0.4, -0.2) is 50.6 Å². The molecule has 12 heavy (non-hydrogen) atoms. The molecular weight excluding hydrogens is 148 g/mol. The zero-order valence-corrected chi connectivity index (χ0v) is 9.46. The van der Waals surface area contributed by atoms with Crippen molar-refractivity contribution in [1.29, 1.82) is 0 Å². The van der Waals surface area contributed by atoms with Gasteiger partial charge in [-0.05, 0) is 47.1 Å². The maximum atomic E-state index is 2.33. The molecule has 0 aliphatic rings. The lowest BCUT2D eigenvalue weighted by Gasteiger charge is -2.28. The van der Waals surface area contributed by atoms with Gasteiger partial charge in [-0.3, -0.25) is 0 Å². The highest BCUT2D eigenvalue weighted by molar-refractivity contribution is 4.70. The summed E-state index contributed by atoms with van der Waals surface area (Å²) < 4.78 is 0. The van der Waals surface area contributed by atoms with E-state index in [4.69, 9.17) is 0 Å². The lowest BCUT2D eigenvalue weighted by Crippen LogP contribution is -2.35. The number of nitrogens with zero attached hydrogens (tertiary/aromatic N) is 2. The van der Waals surface area contributed by atoms with Crippen LogP contribution in [0.15, 0.2) is 0 Å². The molecule has 0 radical (unpaired) electrons. The molecule has 0 amide bonds. The third kappa shape index (κ3) is 4.73. The molecule has 0 aromatic rings. The molecule has 0 rings (SSSR count). The molecule has 0 fully saturated rings. The molecule has 0 aromatic heterocycles. The molecule has 74 valence electrons. The molecule has 0 bridgehead atoms.